The van der Waals surface area contributed by atoms with Gasteiger partial charge in [0.25, 0.3) is 5.69 Å². The van der Waals surface area contributed by atoms with E-state index in [1.165, 1.54) is 19.1 Å². The molecule has 5 nitrogen and oxygen atoms in total. The zero-order chi connectivity index (χ0) is 11.6. The van der Waals surface area contributed by atoms with Crippen LogP contribution in [0.1, 0.15) is 11.1 Å². The molecule has 0 saturated heterocycles. The Morgan fingerprint density at radius 3 is 2.67 bits per heavy atom. The molecule has 0 fully saturated rings. The van der Waals surface area contributed by atoms with Crippen molar-refractivity contribution in [2.75, 3.05) is 0 Å². The first kappa shape index (κ1) is 11.5. The summed E-state index contributed by atoms with van der Waals surface area (Å²) in [5.74, 6) is -1.02. The van der Waals surface area contributed by atoms with Gasteiger partial charge >= 0.3 is 5.97 Å². The molecule has 80 valence electrons. The average molecular weight is 230 g/mol. The largest absolute Gasteiger partial charge is 0.481 e. The molecule has 15 heavy (non-hydrogen) atoms. The molecule has 1 aromatic carbocycles. The minimum Gasteiger partial charge on any atom is -0.481 e. The van der Waals surface area contributed by atoms with Crippen LogP contribution in [0.25, 0.3) is 0 Å². The normalized spacial score (nSPS) is 10.0. The zero-order valence-electron chi connectivity index (χ0n) is 7.86. The summed E-state index contributed by atoms with van der Waals surface area (Å²) in [5, 5.41) is 19.3. The highest BCUT2D eigenvalue weighted by molar-refractivity contribution is 6.32. The molecule has 6 heteroatoms. The van der Waals surface area contributed by atoms with Crippen molar-refractivity contribution in [3.05, 3.63) is 38.4 Å². The molecule has 1 rings (SSSR count). The maximum absolute atomic E-state index is 10.5. The Balaban J connectivity index is 3.21. The predicted molar refractivity (Wildman–Crippen MR) is 54.2 cm³/mol. The van der Waals surface area contributed by atoms with Gasteiger partial charge in [-0.1, -0.05) is 17.7 Å². The molecule has 0 aliphatic rings. The number of rotatable bonds is 3. The standard InChI is InChI=1S/C9H8ClNO4/c1-5-7(11(14)15)3-2-6(9(5)10)4-8(12)13/h2-3H,4H2,1H3,(H,12,13). The highest BCUT2D eigenvalue weighted by Gasteiger charge is 2.16. The first-order valence-corrected chi connectivity index (χ1v) is 4.45. The SMILES string of the molecule is Cc1c([N+](=O)[O-])ccc(CC(=O)O)c1Cl. The molecule has 0 aliphatic carbocycles. The van der Waals surface area contributed by atoms with E-state index in [1.54, 1.807) is 0 Å². The minimum atomic E-state index is -1.02. The first-order chi connectivity index (χ1) is 6.93. The van der Waals surface area contributed by atoms with Gasteiger partial charge in [-0.05, 0) is 12.5 Å². The maximum Gasteiger partial charge on any atom is 0.307 e. The van der Waals surface area contributed by atoms with Crippen molar-refractivity contribution in [1.29, 1.82) is 0 Å². The number of aliphatic carboxylic acids is 1. The van der Waals surface area contributed by atoms with Crippen molar-refractivity contribution in [1.82, 2.24) is 0 Å². The van der Waals surface area contributed by atoms with Crippen LogP contribution in [-0.2, 0) is 11.2 Å². The van der Waals surface area contributed by atoms with E-state index in [2.05, 4.69) is 0 Å². The lowest BCUT2D eigenvalue weighted by Crippen LogP contribution is -2.02. The Morgan fingerprint density at radius 2 is 2.20 bits per heavy atom. The van der Waals surface area contributed by atoms with Crippen LogP contribution in [0.5, 0.6) is 0 Å². The van der Waals surface area contributed by atoms with Crippen molar-refractivity contribution in [3.8, 4) is 0 Å². The second-order valence-corrected chi connectivity index (χ2v) is 3.39. The molecule has 0 aliphatic heterocycles. The number of nitro benzene ring substituents is 1. The number of carboxylic acids is 1. The van der Waals surface area contributed by atoms with Crippen molar-refractivity contribution >= 4 is 23.3 Å². The number of nitro groups is 1. The van der Waals surface area contributed by atoms with Gasteiger partial charge in [0, 0.05) is 11.6 Å². The molecule has 0 spiro atoms. The van der Waals surface area contributed by atoms with Gasteiger partial charge in [-0.2, -0.15) is 0 Å². The topological polar surface area (TPSA) is 80.4 Å². The van der Waals surface area contributed by atoms with Crippen LogP contribution >= 0.6 is 11.6 Å². The fraction of sp³-hybridized carbons (Fsp3) is 0.222. The summed E-state index contributed by atoms with van der Waals surface area (Å²) in [7, 11) is 0. The Kier molecular flexibility index (Phi) is 3.26. The van der Waals surface area contributed by atoms with Crippen LogP contribution < -0.4 is 0 Å². The number of hydrogen-bond acceptors (Lipinski definition) is 3. The highest BCUT2D eigenvalue weighted by Crippen LogP contribution is 2.29. The van der Waals surface area contributed by atoms with E-state index in [4.69, 9.17) is 16.7 Å². The van der Waals surface area contributed by atoms with Crippen molar-refractivity contribution in [2.24, 2.45) is 0 Å². The van der Waals surface area contributed by atoms with Gasteiger partial charge in [0.05, 0.1) is 16.4 Å². The Morgan fingerprint density at radius 1 is 1.60 bits per heavy atom. The van der Waals surface area contributed by atoms with Crippen molar-refractivity contribution < 1.29 is 14.8 Å². The fourth-order valence-corrected chi connectivity index (χ4v) is 1.45. The predicted octanol–water partition coefficient (Wildman–Crippen LogP) is 2.18. The third-order valence-corrected chi connectivity index (χ3v) is 2.50. The molecule has 0 atom stereocenters. The number of carboxylic acid groups (broad SMARTS) is 1. The monoisotopic (exact) mass is 229 g/mol. The highest BCUT2D eigenvalue weighted by atomic mass is 35.5. The van der Waals surface area contributed by atoms with Crippen LogP contribution in [0, 0.1) is 17.0 Å². The quantitative estimate of drug-likeness (QED) is 0.636. The summed E-state index contributed by atoms with van der Waals surface area (Å²) in [6.45, 7) is 1.49. The van der Waals surface area contributed by atoms with Gasteiger partial charge in [-0.15, -0.1) is 0 Å². The fourth-order valence-electron chi connectivity index (χ4n) is 1.23. The summed E-state index contributed by atoms with van der Waals surface area (Å²) < 4.78 is 0. The van der Waals surface area contributed by atoms with E-state index in [1.807, 2.05) is 0 Å². The van der Waals surface area contributed by atoms with Gasteiger partial charge in [0.1, 0.15) is 0 Å². The van der Waals surface area contributed by atoms with Crippen LogP contribution in [0.15, 0.2) is 12.1 Å². The van der Waals surface area contributed by atoms with E-state index in [-0.39, 0.29) is 17.1 Å². The summed E-state index contributed by atoms with van der Waals surface area (Å²) in [6.07, 6.45) is -0.238. The Labute approximate surface area is 90.4 Å². The molecule has 0 radical (unpaired) electrons. The Bertz CT molecular complexity index is 430. The van der Waals surface area contributed by atoms with Gasteiger partial charge in [0.15, 0.2) is 0 Å². The van der Waals surface area contributed by atoms with Crippen LogP contribution in [0.3, 0.4) is 0 Å². The lowest BCUT2D eigenvalue weighted by Gasteiger charge is -2.04. The lowest BCUT2D eigenvalue weighted by molar-refractivity contribution is -0.385. The van der Waals surface area contributed by atoms with Gasteiger partial charge in [-0.3, -0.25) is 14.9 Å². The summed E-state index contributed by atoms with van der Waals surface area (Å²) in [5.41, 5.74) is 0.571. The molecule has 0 saturated carbocycles. The smallest absolute Gasteiger partial charge is 0.307 e. The maximum atomic E-state index is 10.5. The molecule has 0 amide bonds. The molecular formula is C9H8ClNO4. The third-order valence-electron chi connectivity index (χ3n) is 1.98. The number of halogens is 1. The minimum absolute atomic E-state index is 0.103. The van der Waals surface area contributed by atoms with Crippen LogP contribution in [-0.4, -0.2) is 16.0 Å². The summed E-state index contributed by atoms with van der Waals surface area (Å²) in [6, 6.07) is 2.63. The van der Waals surface area contributed by atoms with Crippen LogP contribution in [0.2, 0.25) is 5.02 Å². The lowest BCUT2D eigenvalue weighted by atomic mass is 10.1. The molecule has 0 bridgehead atoms. The van der Waals surface area contributed by atoms with Gasteiger partial charge in [0.2, 0.25) is 0 Å². The molecule has 0 heterocycles. The van der Waals surface area contributed by atoms with Gasteiger partial charge in [-0.25, -0.2) is 0 Å². The summed E-state index contributed by atoms with van der Waals surface area (Å²) in [4.78, 5) is 20.4. The molecule has 1 N–H and O–H groups in total. The molecule has 1 aromatic rings. The third kappa shape index (κ3) is 2.44. The Hall–Kier alpha value is -1.62. The second kappa shape index (κ2) is 4.27. The van der Waals surface area contributed by atoms with E-state index < -0.39 is 10.9 Å². The number of nitrogens with zero attached hydrogens (tertiary/aromatic N) is 1. The number of benzene rings is 1. The molecule has 0 aromatic heterocycles. The number of carbonyl (C=O) groups is 1. The summed E-state index contributed by atoms with van der Waals surface area (Å²) >= 11 is 5.82. The molecular weight excluding hydrogens is 222 g/mol. The number of hydrogen-bond donors (Lipinski definition) is 1. The van der Waals surface area contributed by atoms with E-state index in [0.717, 1.165) is 0 Å². The van der Waals surface area contributed by atoms with Crippen LogP contribution in [0.4, 0.5) is 5.69 Å². The second-order valence-electron chi connectivity index (χ2n) is 3.01. The van der Waals surface area contributed by atoms with E-state index in [9.17, 15) is 14.9 Å². The van der Waals surface area contributed by atoms with Gasteiger partial charge < -0.3 is 5.11 Å². The first-order valence-electron chi connectivity index (χ1n) is 4.07. The zero-order valence-corrected chi connectivity index (χ0v) is 8.61. The average Bonchev–Trinajstić information content (AvgIpc) is 2.12. The van der Waals surface area contributed by atoms with Crippen molar-refractivity contribution in [3.63, 3.8) is 0 Å². The molecule has 0 unspecified atom stereocenters. The van der Waals surface area contributed by atoms with E-state index >= 15 is 0 Å². The van der Waals surface area contributed by atoms with E-state index in [0.29, 0.717) is 11.1 Å². The van der Waals surface area contributed by atoms with Crippen molar-refractivity contribution in [2.45, 2.75) is 13.3 Å².